The van der Waals surface area contributed by atoms with Crippen molar-refractivity contribution in [2.24, 2.45) is 0 Å². The number of pyridine rings is 1. The molecule has 3 heterocycles. The molecule has 1 aliphatic heterocycles. The number of halogens is 3. The van der Waals surface area contributed by atoms with Gasteiger partial charge in [0.2, 0.25) is 0 Å². The van der Waals surface area contributed by atoms with Gasteiger partial charge in [-0.15, -0.1) is 0 Å². The number of carbonyl (C=O) groups is 1. The van der Waals surface area contributed by atoms with Gasteiger partial charge in [0, 0.05) is 35.4 Å². The number of nitrogens with one attached hydrogen (secondary N) is 1. The molecule has 9 heteroatoms. The van der Waals surface area contributed by atoms with Crippen molar-refractivity contribution in [1.29, 1.82) is 0 Å². The Balaban J connectivity index is 1.40. The molecule has 0 saturated heterocycles. The predicted molar refractivity (Wildman–Crippen MR) is 135 cm³/mol. The molecule has 4 aromatic rings. The number of hydrogen-bond donors (Lipinski definition) is 1. The van der Waals surface area contributed by atoms with Gasteiger partial charge in [0.1, 0.15) is 5.60 Å². The van der Waals surface area contributed by atoms with Crippen molar-refractivity contribution in [3.63, 3.8) is 0 Å². The SMILES string of the molecule is CC(C)(C)OC(=O)N1CCc2c([nH]c3cc(-n4ccc(-c5ccc(C(F)(F)F)cc5)cc4=O)ccc23)C1. The molecule has 0 aliphatic carbocycles. The normalized spacial score (nSPS) is 14.1. The first-order chi connectivity index (χ1) is 17.4. The third-order valence-corrected chi connectivity index (χ3v) is 6.35. The molecule has 1 amide bonds. The lowest BCUT2D eigenvalue weighted by Crippen LogP contribution is -2.39. The second-order valence-corrected chi connectivity index (χ2v) is 10.2. The molecule has 0 atom stereocenters. The Morgan fingerprint density at radius 2 is 1.70 bits per heavy atom. The lowest BCUT2D eigenvalue weighted by atomic mass is 10.0. The van der Waals surface area contributed by atoms with Crippen LogP contribution in [0, 0.1) is 0 Å². The van der Waals surface area contributed by atoms with E-state index in [1.165, 1.54) is 22.8 Å². The van der Waals surface area contributed by atoms with E-state index in [0.29, 0.717) is 36.3 Å². The molecule has 0 spiro atoms. The fourth-order valence-corrected chi connectivity index (χ4v) is 4.59. The van der Waals surface area contributed by atoms with Crippen molar-refractivity contribution < 1.29 is 22.7 Å². The van der Waals surface area contributed by atoms with Gasteiger partial charge in [-0.2, -0.15) is 13.2 Å². The number of H-pyrrole nitrogens is 1. The van der Waals surface area contributed by atoms with Crippen LogP contribution >= 0.6 is 0 Å². The minimum absolute atomic E-state index is 0.302. The highest BCUT2D eigenvalue weighted by atomic mass is 19.4. The Morgan fingerprint density at radius 3 is 2.35 bits per heavy atom. The molecule has 0 bridgehead atoms. The van der Waals surface area contributed by atoms with Crippen molar-refractivity contribution in [1.82, 2.24) is 14.5 Å². The Bertz CT molecular complexity index is 1540. The van der Waals surface area contributed by atoms with E-state index in [4.69, 9.17) is 4.74 Å². The van der Waals surface area contributed by atoms with Gasteiger partial charge in [-0.05, 0) is 74.2 Å². The third kappa shape index (κ3) is 4.98. The van der Waals surface area contributed by atoms with Crippen LogP contribution in [0.25, 0.3) is 27.7 Å². The van der Waals surface area contributed by atoms with E-state index >= 15 is 0 Å². The minimum Gasteiger partial charge on any atom is -0.444 e. The summed E-state index contributed by atoms with van der Waals surface area (Å²) in [6, 6.07) is 13.5. The number of amides is 1. The van der Waals surface area contributed by atoms with E-state index in [1.807, 2.05) is 39.0 Å². The Hall–Kier alpha value is -4.01. The Kier molecular flexibility index (Phi) is 5.89. The van der Waals surface area contributed by atoms with Crippen LogP contribution in [-0.4, -0.2) is 32.7 Å². The van der Waals surface area contributed by atoms with E-state index in [2.05, 4.69) is 4.98 Å². The summed E-state index contributed by atoms with van der Waals surface area (Å²) >= 11 is 0. The van der Waals surface area contributed by atoms with Crippen LogP contribution in [0.3, 0.4) is 0 Å². The number of hydrogen-bond acceptors (Lipinski definition) is 3. The second-order valence-electron chi connectivity index (χ2n) is 10.2. The maximum Gasteiger partial charge on any atom is 0.416 e. The molecule has 0 fully saturated rings. The fraction of sp³-hybridized carbons (Fsp3) is 0.286. The maximum atomic E-state index is 12.9. The quantitative estimate of drug-likeness (QED) is 0.345. The lowest BCUT2D eigenvalue weighted by Gasteiger charge is -2.30. The van der Waals surface area contributed by atoms with Gasteiger partial charge >= 0.3 is 12.3 Å². The zero-order valence-electron chi connectivity index (χ0n) is 20.6. The molecule has 37 heavy (non-hydrogen) atoms. The van der Waals surface area contributed by atoms with Crippen LogP contribution in [0.4, 0.5) is 18.0 Å². The lowest BCUT2D eigenvalue weighted by molar-refractivity contribution is -0.137. The topological polar surface area (TPSA) is 67.3 Å². The molecule has 5 rings (SSSR count). The third-order valence-electron chi connectivity index (χ3n) is 6.35. The molecule has 0 unspecified atom stereocenters. The monoisotopic (exact) mass is 509 g/mol. The molecule has 2 aromatic carbocycles. The number of benzene rings is 2. The van der Waals surface area contributed by atoms with Gasteiger partial charge in [0.15, 0.2) is 0 Å². The van der Waals surface area contributed by atoms with Crippen molar-refractivity contribution in [2.45, 2.75) is 45.5 Å². The van der Waals surface area contributed by atoms with Crippen LogP contribution in [-0.2, 0) is 23.9 Å². The fourth-order valence-electron chi connectivity index (χ4n) is 4.59. The van der Waals surface area contributed by atoms with Crippen molar-refractivity contribution in [3.05, 3.63) is 88.0 Å². The number of ether oxygens (including phenoxy) is 1. The highest BCUT2D eigenvalue weighted by Gasteiger charge is 2.30. The average molecular weight is 510 g/mol. The summed E-state index contributed by atoms with van der Waals surface area (Å²) in [5.41, 5.74) is 3.05. The summed E-state index contributed by atoms with van der Waals surface area (Å²) in [5.74, 6) is 0. The first-order valence-electron chi connectivity index (χ1n) is 11.9. The Morgan fingerprint density at radius 1 is 0.973 bits per heavy atom. The second kappa shape index (κ2) is 8.83. The van der Waals surface area contributed by atoms with Gasteiger partial charge < -0.3 is 14.6 Å². The zero-order valence-corrected chi connectivity index (χ0v) is 20.6. The molecule has 1 N–H and O–H groups in total. The number of aromatic nitrogens is 2. The molecule has 6 nitrogen and oxygen atoms in total. The first kappa shape index (κ1) is 24.7. The standard InChI is InChI=1S/C28H26F3N3O3/c1-27(2,3)37-26(36)33-12-11-22-21-9-8-20(15-23(21)32-24(22)16-33)34-13-10-18(14-25(34)35)17-4-6-19(7-5-17)28(29,30)31/h4-10,13-15,32H,11-12,16H2,1-3H3. The predicted octanol–water partition coefficient (Wildman–Crippen LogP) is 6.30. The van der Waals surface area contributed by atoms with Crippen molar-refractivity contribution >= 4 is 17.0 Å². The van der Waals surface area contributed by atoms with Crippen molar-refractivity contribution in [3.8, 4) is 16.8 Å². The summed E-state index contributed by atoms with van der Waals surface area (Å²) in [7, 11) is 0. The molecule has 2 aromatic heterocycles. The smallest absolute Gasteiger partial charge is 0.416 e. The number of nitrogens with zero attached hydrogens (tertiary/aromatic N) is 2. The van der Waals surface area contributed by atoms with E-state index in [1.54, 1.807) is 17.2 Å². The van der Waals surface area contributed by atoms with Crippen LogP contribution in [0.5, 0.6) is 0 Å². The van der Waals surface area contributed by atoms with Crippen LogP contribution < -0.4 is 5.56 Å². The largest absolute Gasteiger partial charge is 0.444 e. The van der Waals surface area contributed by atoms with Gasteiger partial charge in [0.05, 0.1) is 17.8 Å². The molecule has 1 aliphatic rings. The van der Waals surface area contributed by atoms with E-state index < -0.39 is 17.3 Å². The summed E-state index contributed by atoms with van der Waals surface area (Å²) < 4.78 is 45.5. The van der Waals surface area contributed by atoms with Gasteiger partial charge in [0.25, 0.3) is 5.56 Å². The van der Waals surface area contributed by atoms with Crippen molar-refractivity contribution in [2.75, 3.05) is 6.54 Å². The number of rotatable bonds is 2. The summed E-state index contributed by atoms with van der Waals surface area (Å²) in [6.45, 7) is 6.48. The molecule has 0 saturated carbocycles. The molecular formula is C28H26F3N3O3. The van der Waals surface area contributed by atoms with Crippen LogP contribution in [0.15, 0.2) is 65.6 Å². The molecule has 0 radical (unpaired) electrons. The van der Waals surface area contributed by atoms with Gasteiger partial charge in [-0.25, -0.2) is 4.79 Å². The summed E-state index contributed by atoms with van der Waals surface area (Å²) in [6.07, 6.45) is -2.46. The number of carbonyl (C=O) groups excluding carboxylic acids is 1. The minimum atomic E-state index is -4.41. The first-order valence-corrected chi connectivity index (χ1v) is 11.9. The van der Waals surface area contributed by atoms with E-state index in [-0.39, 0.29) is 11.7 Å². The van der Waals surface area contributed by atoms with Gasteiger partial charge in [-0.1, -0.05) is 18.2 Å². The summed E-state index contributed by atoms with van der Waals surface area (Å²) in [5, 5.41) is 1.04. The molecular weight excluding hydrogens is 483 g/mol. The highest BCUT2D eigenvalue weighted by Crippen LogP contribution is 2.32. The van der Waals surface area contributed by atoms with Crippen LogP contribution in [0.1, 0.15) is 37.6 Å². The summed E-state index contributed by atoms with van der Waals surface area (Å²) in [4.78, 5) is 30.5. The number of alkyl halides is 3. The van der Waals surface area contributed by atoms with Gasteiger partial charge in [-0.3, -0.25) is 9.36 Å². The van der Waals surface area contributed by atoms with Crippen LogP contribution in [0.2, 0.25) is 0 Å². The molecule has 192 valence electrons. The number of fused-ring (bicyclic) bond motifs is 3. The van der Waals surface area contributed by atoms with E-state index in [0.717, 1.165) is 34.3 Å². The highest BCUT2D eigenvalue weighted by molar-refractivity contribution is 5.87. The maximum absolute atomic E-state index is 12.9. The van der Waals surface area contributed by atoms with E-state index in [9.17, 15) is 22.8 Å². The zero-order chi connectivity index (χ0) is 26.5. The number of aromatic amines is 1. The Labute approximate surface area is 211 Å². The average Bonchev–Trinajstić information content (AvgIpc) is 3.19.